The fourth-order valence-electron chi connectivity index (χ4n) is 5.92. The maximum Gasteiger partial charge on any atom is 0.337 e. The molecule has 1 N–H and O–H groups in total. The number of ether oxygens (including phenoxy) is 1. The summed E-state index contributed by atoms with van der Waals surface area (Å²) in [5.41, 5.74) is 3.99. The minimum atomic E-state index is -0.410. The number of Topliss-reactive ketones (excluding diaryl/α,β-unsaturated/α-hetero) is 1. The van der Waals surface area contributed by atoms with Crippen molar-refractivity contribution in [2.45, 2.75) is 77.7 Å². The van der Waals surface area contributed by atoms with Gasteiger partial charge in [0.1, 0.15) is 6.10 Å². The van der Waals surface area contributed by atoms with E-state index in [0.29, 0.717) is 12.0 Å². The Hall–Kier alpha value is -2.88. The zero-order valence-corrected chi connectivity index (χ0v) is 19.9. The van der Waals surface area contributed by atoms with Crippen molar-refractivity contribution in [1.82, 2.24) is 5.32 Å². The summed E-state index contributed by atoms with van der Waals surface area (Å²) in [7, 11) is 0. The van der Waals surface area contributed by atoms with Gasteiger partial charge in [-0.15, -0.1) is 0 Å². The van der Waals surface area contributed by atoms with Crippen LogP contribution >= 0.6 is 0 Å². The molecule has 5 rings (SSSR count). The second-order valence-electron chi connectivity index (χ2n) is 10.7. The van der Waals surface area contributed by atoms with Crippen LogP contribution in [0.1, 0.15) is 77.2 Å². The van der Waals surface area contributed by atoms with Gasteiger partial charge in [0, 0.05) is 29.3 Å². The van der Waals surface area contributed by atoms with E-state index in [0.717, 1.165) is 65.4 Å². The highest BCUT2D eigenvalue weighted by Crippen LogP contribution is 2.48. The molecule has 1 atom stereocenters. The predicted octanol–water partition coefficient (Wildman–Crippen LogP) is 6.32. The number of rotatable bonds is 3. The lowest BCUT2D eigenvalue weighted by molar-refractivity contribution is -0.146. The van der Waals surface area contributed by atoms with Gasteiger partial charge in [0.05, 0.1) is 5.57 Å². The quantitative estimate of drug-likeness (QED) is 0.564. The van der Waals surface area contributed by atoms with Crippen LogP contribution in [0, 0.1) is 5.41 Å². The first-order chi connectivity index (χ1) is 15.8. The molecule has 0 amide bonds. The van der Waals surface area contributed by atoms with Crippen LogP contribution in [-0.4, -0.2) is 17.9 Å². The van der Waals surface area contributed by atoms with Crippen LogP contribution in [-0.2, 0) is 14.3 Å². The Balaban J connectivity index is 1.64. The van der Waals surface area contributed by atoms with Crippen molar-refractivity contribution in [3.8, 4) is 0 Å². The maximum absolute atomic E-state index is 13.7. The molecule has 1 saturated carbocycles. The third kappa shape index (κ3) is 4.12. The lowest BCUT2D eigenvalue weighted by atomic mass is 9.68. The monoisotopic (exact) mass is 443 g/mol. The predicted molar refractivity (Wildman–Crippen MR) is 131 cm³/mol. The molecule has 0 aromatic heterocycles. The molecule has 0 radical (unpaired) electrons. The van der Waals surface area contributed by atoms with Crippen LogP contribution in [0.25, 0.3) is 10.8 Å². The molecule has 0 spiro atoms. The summed E-state index contributed by atoms with van der Waals surface area (Å²) in [6.07, 6.45) is 6.49. The Bertz CT molecular complexity index is 1180. The number of dihydropyridines is 1. The molecular formula is C29H33NO3. The highest BCUT2D eigenvalue weighted by Gasteiger charge is 2.43. The van der Waals surface area contributed by atoms with Crippen LogP contribution in [0.15, 0.2) is 65.0 Å². The van der Waals surface area contributed by atoms with Crippen molar-refractivity contribution in [1.29, 1.82) is 0 Å². The number of ketones is 1. The largest absolute Gasteiger partial charge is 0.459 e. The van der Waals surface area contributed by atoms with Gasteiger partial charge >= 0.3 is 5.97 Å². The molecule has 1 unspecified atom stereocenters. The van der Waals surface area contributed by atoms with E-state index in [2.05, 4.69) is 43.4 Å². The molecule has 0 saturated heterocycles. The fraction of sp³-hybridized carbons (Fsp3) is 0.448. The number of allylic oxidation sites excluding steroid dienone is 3. The number of nitrogens with one attached hydrogen (secondary N) is 1. The minimum Gasteiger partial charge on any atom is -0.459 e. The first kappa shape index (κ1) is 21.9. The molecule has 172 valence electrons. The van der Waals surface area contributed by atoms with Gasteiger partial charge in [-0.05, 0) is 60.8 Å². The molecule has 4 heteroatoms. The SMILES string of the molecule is CC1=C(C(=O)OC2CCCCC2)C(c2cccc3ccccc23)C2=C(CC(C)(C)CC2=O)N1. The summed E-state index contributed by atoms with van der Waals surface area (Å²) in [5.74, 6) is -0.566. The molecule has 1 aliphatic heterocycles. The summed E-state index contributed by atoms with van der Waals surface area (Å²) in [4.78, 5) is 27.2. The third-order valence-corrected chi connectivity index (χ3v) is 7.42. The van der Waals surface area contributed by atoms with Gasteiger partial charge in [0.25, 0.3) is 0 Å². The standard InChI is InChI=1S/C29H33NO3/c1-18-25(28(32)33-20-12-5-4-6-13-20)26(22-15-9-11-19-10-7-8-14-21(19)22)27-23(30-18)16-29(2,3)17-24(27)31/h7-11,14-15,20,26,30H,4-6,12-13,16-17H2,1-3H3. The summed E-state index contributed by atoms with van der Waals surface area (Å²) in [6, 6.07) is 14.4. The summed E-state index contributed by atoms with van der Waals surface area (Å²) in [5, 5.41) is 5.64. The van der Waals surface area contributed by atoms with E-state index >= 15 is 0 Å². The van der Waals surface area contributed by atoms with Crippen molar-refractivity contribution < 1.29 is 14.3 Å². The van der Waals surface area contributed by atoms with Crippen LogP contribution in [0.2, 0.25) is 0 Å². The highest BCUT2D eigenvalue weighted by molar-refractivity contribution is 6.05. The van der Waals surface area contributed by atoms with E-state index in [1.54, 1.807) is 0 Å². The molecule has 2 aromatic carbocycles. The number of fused-ring (bicyclic) bond motifs is 1. The van der Waals surface area contributed by atoms with Crippen molar-refractivity contribution in [3.63, 3.8) is 0 Å². The molecule has 0 bridgehead atoms. The number of esters is 1. The Morgan fingerprint density at radius 1 is 1.00 bits per heavy atom. The number of carbonyl (C=O) groups excluding carboxylic acids is 2. The first-order valence-electron chi connectivity index (χ1n) is 12.3. The van der Waals surface area contributed by atoms with E-state index in [1.165, 1.54) is 6.42 Å². The fourth-order valence-corrected chi connectivity index (χ4v) is 5.92. The molecule has 2 aromatic rings. The topological polar surface area (TPSA) is 55.4 Å². The summed E-state index contributed by atoms with van der Waals surface area (Å²) >= 11 is 0. The molecule has 1 heterocycles. The van der Waals surface area contributed by atoms with E-state index in [1.807, 2.05) is 25.1 Å². The van der Waals surface area contributed by atoms with Gasteiger partial charge in [-0.1, -0.05) is 62.7 Å². The Morgan fingerprint density at radius 2 is 1.73 bits per heavy atom. The molecule has 2 aliphatic carbocycles. The van der Waals surface area contributed by atoms with E-state index in [-0.39, 0.29) is 23.3 Å². The molecule has 1 fully saturated rings. The van der Waals surface area contributed by atoms with Gasteiger partial charge in [-0.2, -0.15) is 0 Å². The van der Waals surface area contributed by atoms with Gasteiger partial charge < -0.3 is 10.1 Å². The zero-order chi connectivity index (χ0) is 23.2. The second-order valence-corrected chi connectivity index (χ2v) is 10.7. The smallest absolute Gasteiger partial charge is 0.337 e. The molecule has 33 heavy (non-hydrogen) atoms. The lowest BCUT2D eigenvalue weighted by Crippen LogP contribution is -2.39. The van der Waals surface area contributed by atoms with Crippen molar-refractivity contribution in [2.24, 2.45) is 5.41 Å². The summed E-state index contributed by atoms with van der Waals surface area (Å²) in [6.45, 7) is 6.22. The Morgan fingerprint density at radius 3 is 2.52 bits per heavy atom. The number of benzene rings is 2. The molecule has 3 aliphatic rings. The van der Waals surface area contributed by atoms with Gasteiger partial charge in [0.2, 0.25) is 0 Å². The average Bonchev–Trinajstić information content (AvgIpc) is 2.77. The van der Waals surface area contributed by atoms with Crippen LogP contribution in [0.5, 0.6) is 0 Å². The van der Waals surface area contributed by atoms with Crippen LogP contribution in [0.4, 0.5) is 0 Å². The molecule has 4 nitrogen and oxygen atoms in total. The van der Waals surface area contributed by atoms with Gasteiger partial charge in [0.15, 0.2) is 5.78 Å². The van der Waals surface area contributed by atoms with Crippen molar-refractivity contribution >= 4 is 22.5 Å². The minimum absolute atomic E-state index is 0.0314. The normalized spacial score (nSPS) is 23.4. The maximum atomic E-state index is 13.7. The van der Waals surface area contributed by atoms with Crippen LogP contribution < -0.4 is 5.32 Å². The second kappa shape index (κ2) is 8.48. The van der Waals surface area contributed by atoms with E-state index < -0.39 is 5.92 Å². The highest BCUT2D eigenvalue weighted by atomic mass is 16.5. The van der Waals surface area contributed by atoms with E-state index in [4.69, 9.17) is 4.74 Å². The molecular weight excluding hydrogens is 410 g/mol. The Kier molecular flexibility index (Phi) is 5.64. The number of hydrogen-bond donors (Lipinski definition) is 1. The first-order valence-corrected chi connectivity index (χ1v) is 12.3. The van der Waals surface area contributed by atoms with Gasteiger partial charge in [-0.3, -0.25) is 4.79 Å². The van der Waals surface area contributed by atoms with Crippen molar-refractivity contribution in [2.75, 3.05) is 0 Å². The number of hydrogen-bond acceptors (Lipinski definition) is 4. The Labute approximate surface area is 196 Å². The van der Waals surface area contributed by atoms with Gasteiger partial charge in [-0.25, -0.2) is 4.79 Å². The average molecular weight is 444 g/mol. The van der Waals surface area contributed by atoms with E-state index in [9.17, 15) is 9.59 Å². The third-order valence-electron chi connectivity index (χ3n) is 7.42. The zero-order valence-electron chi connectivity index (χ0n) is 19.9. The summed E-state index contributed by atoms with van der Waals surface area (Å²) < 4.78 is 6.05. The number of carbonyl (C=O) groups is 2. The van der Waals surface area contributed by atoms with Crippen molar-refractivity contribution in [3.05, 3.63) is 70.6 Å². The van der Waals surface area contributed by atoms with Crippen LogP contribution in [0.3, 0.4) is 0 Å². The lowest BCUT2D eigenvalue weighted by Gasteiger charge is -2.40.